The Kier molecular flexibility index (Phi) is 93.5. The van der Waals surface area contributed by atoms with Gasteiger partial charge in [-0.1, -0.05) is 0 Å². The largest absolute Gasteiger partial charge is 0.394 e. The maximum atomic E-state index is 11.7. The Morgan fingerprint density at radius 2 is 0.435 bits per heavy atom. The van der Waals surface area contributed by atoms with Crippen molar-refractivity contribution in [3.63, 3.8) is 0 Å². The highest BCUT2D eigenvalue weighted by Crippen LogP contribution is 2.49. The maximum Gasteiger partial charge on any atom is 0.327 e. The number of hydrogen-bond acceptors (Lipinski definition) is 42. The Bertz CT molecular complexity index is 2310. The van der Waals surface area contributed by atoms with Crippen LogP contribution < -0.4 is 0 Å². The second kappa shape index (κ2) is 82.8. The summed E-state index contributed by atoms with van der Waals surface area (Å²) in [6, 6.07) is 0. The van der Waals surface area contributed by atoms with Gasteiger partial charge in [0.05, 0.1) is 251 Å². The summed E-state index contributed by atoms with van der Waals surface area (Å²) < 4.78 is 227. The minimum absolute atomic E-state index is 0.0147. The van der Waals surface area contributed by atoms with E-state index < -0.39 is 68.4 Å². The van der Waals surface area contributed by atoms with Crippen LogP contribution in [0.15, 0.2) is 0 Å². The fraction of sp³-hybridized carbons (Fsp3) is 1.00. The summed E-state index contributed by atoms with van der Waals surface area (Å²) in [6.45, 7) is 29.1. The number of methoxy groups -OCH3 is 2. The molecule has 2 fully saturated rings. The molecule has 2 aliphatic heterocycles. The van der Waals surface area contributed by atoms with E-state index in [0.717, 1.165) is 19.3 Å². The first kappa shape index (κ1) is 122. The number of aliphatic hydroxyl groups is 7. The van der Waals surface area contributed by atoms with Gasteiger partial charge in [0.25, 0.3) is 0 Å². The molecule has 0 aromatic carbocycles. The summed E-state index contributed by atoms with van der Waals surface area (Å²) in [5, 5.41) is 58.6. The van der Waals surface area contributed by atoms with Crippen molar-refractivity contribution in [2.75, 3.05) is 332 Å². The SMILES string of the molecule is CCOP(C)(=O)OCC.CCOP(C)(=O)OCCO.CCOP(C)(=O)OCCOCCO.COCCOCCOP(C)(=O)OC.COCCOCCOP(C)(=O)OCCOCCO.CP(=O)(OCCO)OCCO.CP(=O)(OCCOCCO)OCCOCCO.CP1(=O)OCCCCO1.CP1(=O)OCCCO1. The fourth-order valence-electron chi connectivity index (χ4n) is 5.82. The third kappa shape index (κ3) is 107. The second-order valence-corrected chi connectivity index (χ2v) is 39.1. The molecule has 2 heterocycles. The summed E-state index contributed by atoms with van der Waals surface area (Å²) in [6.07, 6.45) is 2.77. The molecule has 51 heteroatoms. The van der Waals surface area contributed by atoms with Gasteiger partial charge in [-0.2, -0.15) is 0 Å². The van der Waals surface area contributed by atoms with Gasteiger partial charge in [0, 0.05) is 81.3 Å². The van der Waals surface area contributed by atoms with E-state index in [1.807, 2.05) is 0 Å². The van der Waals surface area contributed by atoms with Crippen LogP contribution in [0.3, 0.4) is 0 Å². The monoisotopic (exact) mass is 1770 g/mol. The number of hydrogen-bond donors (Lipinski definition) is 7. The molecule has 662 valence electrons. The van der Waals surface area contributed by atoms with E-state index in [4.69, 9.17) is 141 Å². The lowest BCUT2D eigenvalue weighted by Gasteiger charge is -2.18. The normalized spacial score (nSPS) is 16.1. The minimum atomic E-state index is -3.07. The first-order valence-corrected chi connectivity index (χ1v) is 52.1. The molecule has 0 saturated carbocycles. The van der Waals surface area contributed by atoms with Gasteiger partial charge in [-0.05, 0) is 47.0 Å². The van der Waals surface area contributed by atoms with Gasteiger partial charge in [-0.15, -0.1) is 0 Å². The van der Waals surface area contributed by atoms with Crippen molar-refractivity contribution < 1.29 is 196 Å². The van der Waals surface area contributed by atoms with Crippen LogP contribution in [0.25, 0.3) is 0 Å². The smallest absolute Gasteiger partial charge is 0.327 e. The highest BCUT2D eigenvalue weighted by atomic mass is 31.2. The molecule has 7 N–H and O–H groups in total. The van der Waals surface area contributed by atoms with Crippen LogP contribution in [0.1, 0.15) is 47.0 Å². The lowest BCUT2D eigenvalue weighted by atomic mass is 10.3. The highest BCUT2D eigenvalue weighted by molar-refractivity contribution is 7.55. The maximum absolute atomic E-state index is 11.7. The molecule has 2 rings (SSSR count). The van der Waals surface area contributed by atoms with Gasteiger partial charge in [0.1, 0.15) is 0 Å². The van der Waals surface area contributed by atoms with E-state index in [0.29, 0.717) is 99.1 Å². The Morgan fingerprint density at radius 3 is 0.630 bits per heavy atom. The molecule has 0 spiro atoms. The van der Waals surface area contributed by atoms with Gasteiger partial charge in [-0.25, -0.2) is 0 Å². The Morgan fingerprint density at radius 1 is 0.259 bits per heavy atom. The zero-order valence-corrected chi connectivity index (χ0v) is 74.5. The third-order valence-corrected chi connectivity index (χ3v) is 22.3. The van der Waals surface area contributed by atoms with E-state index in [1.165, 1.54) is 67.1 Å². The molecule has 0 radical (unpaired) electrons. The molecule has 2 saturated heterocycles. The Hall–Kier alpha value is 0.750. The van der Waals surface area contributed by atoms with Crippen LogP contribution in [0.4, 0.5) is 0 Å². The molecule has 4 unspecified atom stereocenters. The van der Waals surface area contributed by atoms with Crippen LogP contribution in [0.5, 0.6) is 0 Å². The fourth-order valence-corrected chi connectivity index (χ4v) is 13.9. The Labute approximate surface area is 641 Å². The summed E-state index contributed by atoms with van der Waals surface area (Å²) in [5.74, 6) is 0. The topological polar surface area (TPSA) is 535 Å². The summed E-state index contributed by atoms with van der Waals surface area (Å²) in [5.41, 5.74) is 0. The van der Waals surface area contributed by atoms with Gasteiger partial charge < -0.3 is 155 Å². The van der Waals surface area contributed by atoms with Crippen molar-refractivity contribution in [1.82, 2.24) is 0 Å². The Balaban J connectivity index is -0.000000215. The molecule has 4 atom stereocenters. The van der Waals surface area contributed by atoms with Crippen molar-refractivity contribution in [2.45, 2.75) is 47.0 Å². The van der Waals surface area contributed by atoms with Crippen LogP contribution >= 0.6 is 68.4 Å². The molecule has 0 bridgehead atoms. The summed E-state index contributed by atoms with van der Waals surface area (Å²) in [7, 11) is -21.1. The molecule has 108 heavy (non-hydrogen) atoms. The van der Waals surface area contributed by atoms with Crippen molar-refractivity contribution in [1.29, 1.82) is 0 Å². The van der Waals surface area contributed by atoms with E-state index in [2.05, 4.69) is 13.6 Å². The first-order valence-electron chi connectivity index (χ1n) is 34.2. The van der Waals surface area contributed by atoms with E-state index in [9.17, 15) is 41.1 Å². The highest BCUT2D eigenvalue weighted by Gasteiger charge is 2.23. The summed E-state index contributed by atoms with van der Waals surface area (Å²) >= 11 is 0. The number of rotatable bonds is 56. The van der Waals surface area contributed by atoms with Gasteiger partial charge in [-0.3, -0.25) is 41.1 Å². The molecule has 2 aliphatic rings. The van der Waals surface area contributed by atoms with Crippen LogP contribution in [-0.4, -0.2) is 368 Å². The van der Waals surface area contributed by atoms with Gasteiger partial charge >= 0.3 is 68.4 Å². The third-order valence-electron chi connectivity index (χ3n) is 10.3. The minimum Gasteiger partial charge on any atom is -0.394 e. The molecule has 0 aliphatic carbocycles. The molecule has 0 aromatic rings. The van der Waals surface area contributed by atoms with E-state index in [-0.39, 0.29) is 152 Å². The van der Waals surface area contributed by atoms with E-state index >= 15 is 0 Å². The van der Waals surface area contributed by atoms with Crippen molar-refractivity contribution in [2.24, 2.45) is 0 Å². The van der Waals surface area contributed by atoms with Crippen LogP contribution in [0, 0.1) is 0 Å². The second-order valence-electron chi connectivity index (χ2n) is 20.4. The number of ether oxygens (including phenoxy) is 8. The van der Waals surface area contributed by atoms with E-state index in [1.54, 1.807) is 41.9 Å². The van der Waals surface area contributed by atoms with Crippen LogP contribution in [-0.2, 0) is 160 Å². The standard InChI is InChI=1S/C10H23O7P.C9H21O7P.2C7H17O5P.C5H13O5P.C5H13O4P.C5H11O3P.C5H13O3P.C4H9O3P/c1-13-5-6-15-8-10-17-18(2,12)16-9-7-14-4-3-11;1-17(12,15-8-6-13-4-2-10)16-9-7-14-5-3-11;1-9-4-5-11-6-7-12-13(3,8)10-2;1-3-11-13(2,9)12-7-6-10-5-4-8;1-11(8,9-4-2-6)10-5-3-7;1-3-8-10(2,7)9-5-4-6;1-9(6)7-4-2-3-5-8-9;1-4-7-9(3,6)8-5-2;1-8(5)6-3-2-4-7-8/h11H,3-10H2,1-2H3;10-11H,2-9H2,1H3;4-7H2,1-3H3;8H,3-7H2,1-2H3;6-7H,2-5H2,1H3;6H,3-5H2,1-2H3;2-5H2,1H3;4-5H2,1-3H3;2-4H2,1H3. The average molecular weight is 1770 g/mol. The van der Waals surface area contributed by atoms with Gasteiger partial charge in [0.15, 0.2) is 0 Å². The average Bonchev–Trinajstić information content (AvgIpc) is 1.55. The quantitative estimate of drug-likeness (QED) is 0.0225. The summed E-state index contributed by atoms with van der Waals surface area (Å²) in [4.78, 5) is 0. The molecule has 42 nitrogen and oxygen atoms in total. The molecular weight excluding hydrogens is 1640 g/mol. The van der Waals surface area contributed by atoms with Crippen LogP contribution in [0.2, 0.25) is 0 Å². The molecule has 0 amide bonds. The van der Waals surface area contributed by atoms with Crippen molar-refractivity contribution in [3.05, 3.63) is 0 Å². The zero-order valence-electron chi connectivity index (χ0n) is 66.4. The molecular formula is C57H137O42P9. The lowest BCUT2D eigenvalue weighted by Crippen LogP contribution is -2.10. The van der Waals surface area contributed by atoms with Gasteiger partial charge in [0.2, 0.25) is 0 Å². The molecule has 0 aromatic heterocycles. The number of aliphatic hydroxyl groups excluding tert-OH is 7. The first-order chi connectivity index (χ1) is 50.8. The lowest BCUT2D eigenvalue weighted by molar-refractivity contribution is 0.0454. The zero-order chi connectivity index (χ0) is 83.9. The van der Waals surface area contributed by atoms with Crippen molar-refractivity contribution >= 4 is 68.4 Å². The van der Waals surface area contributed by atoms with Crippen molar-refractivity contribution in [3.8, 4) is 0 Å². The predicted octanol–water partition coefficient (Wildman–Crippen LogP) is 7.83. The predicted molar refractivity (Wildman–Crippen MR) is 405 cm³/mol.